The number of amides is 1. The highest BCUT2D eigenvalue weighted by Gasteiger charge is 2.21. The van der Waals surface area contributed by atoms with Crippen LogP contribution in [0.1, 0.15) is 9.67 Å². The van der Waals surface area contributed by atoms with Gasteiger partial charge in [0.2, 0.25) is 0 Å². The highest BCUT2D eigenvalue weighted by atomic mass is 35.5. The normalized spacial score (nSPS) is 10.2. The van der Waals surface area contributed by atoms with Gasteiger partial charge in [-0.1, -0.05) is 46.9 Å². The molecule has 0 atom stereocenters. The molecule has 0 bridgehead atoms. The van der Waals surface area contributed by atoms with E-state index in [2.05, 4.69) is 5.32 Å². The lowest BCUT2D eigenvalue weighted by Crippen LogP contribution is -2.14. The van der Waals surface area contributed by atoms with E-state index in [0.717, 1.165) is 11.3 Å². The third-order valence-electron chi connectivity index (χ3n) is 2.85. The first-order chi connectivity index (χ1) is 11.3. The SMILES string of the molecule is COC(=O)c1sc(-c2ccc(F)cc2)cc1NC(=O)C(Cl)=C(Cl)Cl. The maximum Gasteiger partial charge on any atom is 0.350 e. The van der Waals surface area contributed by atoms with Gasteiger partial charge >= 0.3 is 5.97 Å². The average Bonchev–Trinajstić information content (AvgIpc) is 2.97. The molecule has 0 aliphatic rings. The predicted octanol–water partition coefficient (Wildman–Crippen LogP) is 5.16. The van der Waals surface area contributed by atoms with E-state index in [0.29, 0.717) is 10.4 Å². The molecule has 1 N–H and O–H groups in total. The summed E-state index contributed by atoms with van der Waals surface area (Å²) in [6.45, 7) is 0. The van der Waals surface area contributed by atoms with Gasteiger partial charge in [-0.15, -0.1) is 11.3 Å². The number of rotatable bonds is 4. The van der Waals surface area contributed by atoms with Crippen LogP contribution in [-0.4, -0.2) is 19.0 Å². The van der Waals surface area contributed by atoms with E-state index in [1.165, 1.54) is 19.2 Å². The number of anilines is 1. The zero-order valence-electron chi connectivity index (χ0n) is 12.0. The summed E-state index contributed by atoms with van der Waals surface area (Å²) in [5.74, 6) is -1.79. The molecule has 4 nitrogen and oxygen atoms in total. The van der Waals surface area contributed by atoms with E-state index in [1.807, 2.05) is 0 Å². The smallest absolute Gasteiger partial charge is 0.350 e. The number of carbonyl (C=O) groups is 2. The topological polar surface area (TPSA) is 55.4 Å². The number of halogens is 4. The van der Waals surface area contributed by atoms with Crippen LogP contribution in [0.3, 0.4) is 0 Å². The molecule has 2 aromatic rings. The van der Waals surface area contributed by atoms with E-state index in [4.69, 9.17) is 39.5 Å². The van der Waals surface area contributed by atoms with Crippen LogP contribution in [0, 0.1) is 5.82 Å². The van der Waals surface area contributed by atoms with Crippen molar-refractivity contribution in [2.45, 2.75) is 0 Å². The third kappa shape index (κ3) is 4.27. The summed E-state index contributed by atoms with van der Waals surface area (Å²) in [6, 6.07) is 7.23. The molecule has 1 aromatic carbocycles. The highest BCUT2D eigenvalue weighted by molar-refractivity contribution is 7.18. The number of methoxy groups -OCH3 is 1. The Balaban J connectivity index is 2.42. The van der Waals surface area contributed by atoms with Gasteiger partial charge in [0.15, 0.2) is 0 Å². The van der Waals surface area contributed by atoms with Crippen molar-refractivity contribution in [3.63, 3.8) is 0 Å². The number of esters is 1. The molecule has 2 rings (SSSR count). The molecule has 0 fully saturated rings. The lowest BCUT2D eigenvalue weighted by Gasteiger charge is -2.04. The summed E-state index contributed by atoms with van der Waals surface area (Å²) in [5.41, 5.74) is 0.855. The highest BCUT2D eigenvalue weighted by Crippen LogP contribution is 2.36. The van der Waals surface area contributed by atoms with Gasteiger partial charge in [-0.25, -0.2) is 9.18 Å². The van der Waals surface area contributed by atoms with Crippen LogP contribution in [0.15, 0.2) is 39.9 Å². The molecule has 0 unspecified atom stereocenters. The molecule has 1 heterocycles. The summed E-state index contributed by atoms with van der Waals surface area (Å²) < 4.78 is 17.3. The van der Waals surface area contributed by atoms with Gasteiger partial charge in [-0.3, -0.25) is 4.79 Å². The van der Waals surface area contributed by atoms with Crippen molar-refractivity contribution in [3.8, 4) is 10.4 Å². The first-order valence-electron chi connectivity index (χ1n) is 6.33. The quantitative estimate of drug-likeness (QED) is 0.561. The maximum atomic E-state index is 13.0. The maximum absolute atomic E-state index is 13.0. The fourth-order valence-electron chi connectivity index (χ4n) is 1.75. The van der Waals surface area contributed by atoms with Crippen LogP contribution in [0.5, 0.6) is 0 Å². The van der Waals surface area contributed by atoms with Crippen molar-refractivity contribution in [1.29, 1.82) is 0 Å². The van der Waals surface area contributed by atoms with E-state index < -0.39 is 21.4 Å². The summed E-state index contributed by atoms with van der Waals surface area (Å²) in [7, 11) is 1.22. The predicted molar refractivity (Wildman–Crippen MR) is 94.3 cm³/mol. The van der Waals surface area contributed by atoms with Crippen molar-refractivity contribution in [1.82, 2.24) is 0 Å². The second-order valence-electron chi connectivity index (χ2n) is 4.38. The number of ether oxygens (including phenoxy) is 1. The van der Waals surface area contributed by atoms with Crippen LogP contribution < -0.4 is 5.32 Å². The minimum Gasteiger partial charge on any atom is -0.465 e. The molecule has 1 amide bonds. The Bertz CT molecular complexity index is 814. The molecular formula is C15H9Cl3FNO3S. The fourth-order valence-corrected chi connectivity index (χ4v) is 3.00. The summed E-state index contributed by atoms with van der Waals surface area (Å²) in [6.07, 6.45) is 0. The van der Waals surface area contributed by atoms with Crippen LogP contribution >= 0.6 is 46.1 Å². The molecule has 1 aromatic heterocycles. The number of carbonyl (C=O) groups excluding carboxylic acids is 2. The van der Waals surface area contributed by atoms with Crippen LogP contribution in [0.25, 0.3) is 10.4 Å². The standard InChI is InChI=1S/C15H9Cl3FNO3S/c1-23-15(22)12-9(20-14(21)11(16)13(17)18)6-10(24-12)7-2-4-8(19)5-3-7/h2-6H,1H3,(H,20,21). The average molecular weight is 409 g/mol. The summed E-state index contributed by atoms with van der Waals surface area (Å²) in [5, 5.41) is 2.03. The molecule has 0 aliphatic heterocycles. The van der Waals surface area contributed by atoms with Gasteiger partial charge < -0.3 is 10.1 Å². The van der Waals surface area contributed by atoms with Gasteiger partial charge in [0.1, 0.15) is 20.2 Å². The van der Waals surface area contributed by atoms with Crippen molar-refractivity contribution in [2.75, 3.05) is 12.4 Å². The van der Waals surface area contributed by atoms with E-state index in [-0.39, 0.29) is 16.4 Å². The van der Waals surface area contributed by atoms with Gasteiger partial charge in [0, 0.05) is 4.88 Å². The summed E-state index contributed by atoms with van der Waals surface area (Å²) in [4.78, 5) is 24.6. The first kappa shape index (κ1) is 18.7. The van der Waals surface area contributed by atoms with Gasteiger partial charge in [-0.05, 0) is 23.8 Å². The Morgan fingerprint density at radius 2 is 1.79 bits per heavy atom. The molecule has 126 valence electrons. The molecule has 24 heavy (non-hydrogen) atoms. The number of benzene rings is 1. The van der Waals surface area contributed by atoms with Crippen LogP contribution in [-0.2, 0) is 9.53 Å². The lowest BCUT2D eigenvalue weighted by atomic mass is 10.2. The second kappa shape index (κ2) is 7.98. The Labute approximate surface area is 155 Å². The largest absolute Gasteiger partial charge is 0.465 e. The van der Waals surface area contributed by atoms with Crippen molar-refractivity contribution < 1.29 is 18.7 Å². The van der Waals surface area contributed by atoms with Gasteiger partial charge in [0.25, 0.3) is 5.91 Å². The Morgan fingerprint density at radius 3 is 2.33 bits per heavy atom. The minimum absolute atomic E-state index is 0.153. The van der Waals surface area contributed by atoms with E-state index >= 15 is 0 Å². The number of thiophene rings is 1. The van der Waals surface area contributed by atoms with E-state index in [1.54, 1.807) is 18.2 Å². The fraction of sp³-hybridized carbons (Fsp3) is 0.0667. The van der Waals surface area contributed by atoms with Crippen LogP contribution in [0.2, 0.25) is 0 Å². The molecule has 0 radical (unpaired) electrons. The molecule has 0 aliphatic carbocycles. The molecule has 9 heteroatoms. The Morgan fingerprint density at radius 1 is 1.17 bits per heavy atom. The monoisotopic (exact) mass is 407 g/mol. The molecule has 0 saturated carbocycles. The number of hydrogen-bond donors (Lipinski definition) is 1. The van der Waals surface area contributed by atoms with Crippen molar-refractivity contribution >= 4 is 63.7 Å². The van der Waals surface area contributed by atoms with Crippen molar-refractivity contribution in [2.24, 2.45) is 0 Å². The Kier molecular flexibility index (Phi) is 6.23. The summed E-state index contributed by atoms with van der Waals surface area (Å²) >= 11 is 17.7. The number of hydrogen-bond acceptors (Lipinski definition) is 4. The molecule has 0 spiro atoms. The minimum atomic E-state index is -0.773. The lowest BCUT2D eigenvalue weighted by molar-refractivity contribution is -0.112. The van der Waals surface area contributed by atoms with Gasteiger partial charge in [-0.2, -0.15) is 0 Å². The molecule has 0 saturated heterocycles. The number of nitrogens with one attached hydrogen (secondary N) is 1. The zero-order valence-corrected chi connectivity index (χ0v) is 15.1. The first-order valence-corrected chi connectivity index (χ1v) is 8.28. The second-order valence-corrected chi connectivity index (χ2v) is 6.76. The van der Waals surface area contributed by atoms with Crippen LogP contribution in [0.4, 0.5) is 10.1 Å². The van der Waals surface area contributed by atoms with Gasteiger partial charge in [0.05, 0.1) is 12.8 Å². The Hall–Kier alpha value is -1.60. The van der Waals surface area contributed by atoms with Crippen molar-refractivity contribution in [3.05, 3.63) is 50.5 Å². The van der Waals surface area contributed by atoms with E-state index in [9.17, 15) is 14.0 Å². The third-order valence-corrected chi connectivity index (χ3v) is 4.94. The zero-order chi connectivity index (χ0) is 17.9. The molecular weight excluding hydrogens is 400 g/mol.